The molecule has 0 radical (unpaired) electrons. The quantitative estimate of drug-likeness (QED) is 0.753. The first kappa shape index (κ1) is 13.1. The smallest absolute Gasteiger partial charge is 0.334 e. The van der Waals surface area contributed by atoms with Crippen LogP contribution in [0.3, 0.4) is 0 Å². The molecule has 0 aromatic carbocycles. The van der Waals surface area contributed by atoms with Crippen LogP contribution in [0.4, 0.5) is 18.0 Å². The van der Waals surface area contributed by atoms with Crippen LogP contribution in [-0.4, -0.2) is 49.8 Å². The van der Waals surface area contributed by atoms with Gasteiger partial charge >= 0.3 is 12.2 Å². The molecule has 2 amide bonds. The van der Waals surface area contributed by atoms with Crippen molar-refractivity contribution in [1.29, 1.82) is 0 Å². The molecule has 94 valence electrons. The van der Waals surface area contributed by atoms with E-state index in [0.29, 0.717) is 6.54 Å². The number of likely N-dealkylation sites (tertiary alicyclic amines) is 1. The Morgan fingerprint density at radius 1 is 1.50 bits per heavy atom. The van der Waals surface area contributed by atoms with Gasteiger partial charge in [0.05, 0.1) is 0 Å². The highest BCUT2D eigenvalue weighted by molar-refractivity contribution is 5.74. The number of urea groups is 1. The molecule has 0 aromatic heterocycles. The lowest BCUT2D eigenvalue weighted by atomic mass is 10.1. The summed E-state index contributed by atoms with van der Waals surface area (Å²) in [7, 11) is 1.92. The average molecular weight is 239 g/mol. The van der Waals surface area contributed by atoms with Gasteiger partial charge in [0.1, 0.15) is 6.54 Å². The maximum Gasteiger partial charge on any atom is 0.405 e. The average Bonchev–Trinajstić information content (AvgIpc) is 2.14. The Hall–Kier alpha value is -0.980. The third-order valence-electron chi connectivity index (χ3n) is 2.41. The molecule has 1 saturated heterocycles. The highest BCUT2D eigenvalue weighted by Gasteiger charge is 2.28. The van der Waals surface area contributed by atoms with E-state index < -0.39 is 18.8 Å². The molecule has 1 heterocycles. The Bertz CT molecular complexity index is 245. The van der Waals surface area contributed by atoms with E-state index in [-0.39, 0.29) is 6.04 Å². The fraction of sp³-hybridized carbons (Fsp3) is 0.889. The molecule has 0 saturated carbocycles. The molecule has 1 rings (SSSR count). The summed E-state index contributed by atoms with van der Waals surface area (Å²) in [5.41, 5.74) is 0. The second-order valence-corrected chi connectivity index (χ2v) is 4.04. The predicted octanol–water partition coefficient (Wildman–Crippen LogP) is 0.942. The first-order valence-corrected chi connectivity index (χ1v) is 5.16. The van der Waals surface area contributed by atoms with Crippen LogP contribution in [0, 0.1) is 0 Å². The lowest BCUT2D eigenvalue weighted by Gasteiger charge is -2.30. The van der Waals surface area contributed by atoms with Crippen molar-refractivity contribution >= 4 is 6.03 Å². The minimum atomic E-state index is -4.36. The van der Waals surface area contributed by atoms with Crippen molar-refractivity contribution in [3.8, 4) is 0 Å². The number of amides is 2. The Morgan fingerprint density at radius 3 is 2.75 bits per heavy atom. The number of carbonyl (C=O) groups excluding carboxylic acids is 1. The maximum atomic E-state index is 11.8. The van der Waals surface area contributed by atoms with Crippen LogP contribution in [0.15, 0.2) is 0 Å². The van der Waals surface area contributed by atoms with Crippen molar-refractivity contribution in [3.05, 3.63) is 0 Å². The molecule has 0 aliphatic carbocycles. The number of likely N-dealkylation sites (N-methyl/N-ethyl adjacent to an activating group) is 1. The van der Waals surface area contributed by atoms with E-state index in [1.807, 2.05) is 11.9 Å². The molecular formula is C9H16F3N3O. The number of hydrogen-bond acceptors (Lipinski definition) is 2. The van der Waals surface area contributed by atoms with Gasteiger partial charge in [-0.1, -0.05) is 0 Å². The maximum absolute atomic E-state index is 11.8. The van der Waals surface area contributed by atoms with Gasteiger partial charge in [0.25, 0.3) is 0 Å². The van der Waals surface area contributed by atoms with E-state index in [1.165, 1.54) is 0 Å². The van der Waals surface area contributed by atoms with Gasteiger partial charge in [-0.2, -0.15) is 13.2 Å². The summed E-state index contributed by atoms with van der Waals surface area (Å²) in [5.74, 6) is 0. The van der Waals surface area contributed by atoms with Gasteiger partial charge in [0.2, 0.25) is 0 Å². The fourth-order valence-electron chi connectivity index (χ4n) is 1.70. The number of carbonyl (C=O) groups is 1. The van der Waals surface area contributed by atoms with Crippen LogP contribution in [0.25, 0.3) is 0 Å². The SMILES string of the molecule is CN1CCCC(NC(=O)NCC(F)(F)F)C1. The zero-order chi connectivity index (χ0) is 12.2. The van der Waals surface area contributed by atoms with Crippen molar-refractivity contribution in [2.24, 2.45) is 0 Å². The monoisotopic (exact) mass is 239 g/mol. The van der Waals surface area contributed by atoms with Crippen molar-refractivity contribution in [2.75, 3.05) is 26.7 Å². The van der Waals surface area contributed by atoms with Crippen molar-refractivity contribution in [1.82, 2.24) is 15.5 Å². The Balaban J connectivity index is 2.23. The number of halogens is 3. The van der Waals surface area contributed by atoms with Gasteiger partial charge in [0.15, 0.2) is 0 Å². The van der Waals surface area contributed by atoms with Crippen LogP contribution < -0.4 is 10.6 Å². The van der Waals surface area contributed by atoms with E-state index in [9.17, 15) is 18.0 Å². The molecule has 1 unspecified atom stereocenters. The van der Waals surface area contributed by atoms with Crippen LogP contribution in [-0.2, 0) is 0 Å². The molecule has 16 heavy (non-hydrogen) atoms. The Kier molecular flexibility index (Phi) is 4.40. The van der Waals surface area contributed by atoms with Crippen molar-refractivity contribution in [2.45, 2.75) is 25.1 Å². The minimum absolute atomic E-state index is 0.0630. The van der Waals surface area contributed by atoms with Crippen LogP contribution in [0.2, 0.25) is 0 Å². The molecule has 0 bridgehead atoms. The van der Waals surface area contributed by atoms with Crippen molar-refractivity contribution in [3.63, 3.8) is 0 Å². The van der Waals surface area contributed by atoms with Gasteiger partial charge in [-0.3, -0.25) is 0 Å². The summed E-state index contributed by atoms with van der Waals surface area (Å²) in [6.07, 6.45) is -2.61. The third-order valence-corrected chi connectivity index (χ3v) is 2.41. The Labute approximate surface area is 92.2 Å². The van der Waals surface area contributed by atoms with E-state index in [0.717, 1.165) is 19.4 Å². The number of hydrogen-bond donors (Lipinski definition) is 2. The predicted molar refractivity (Wildman–Crippen MR) is 53.1 cm³/mol. The third kappa shape index (κ3) is 5.20. The molecular weight excluding hydrogens is 223 g/mol. The largest absolute Gasteiger partial charge is 0.405 e. The highest BCUT2D eigenvalue weighted by Crippen LogP contribution is 2.12. The summed E-state index contributed by atoms with van der Waals surface area (Å²) in [6.45, 7) is 0.350. The van der Waals surface area contributed by atoms with Crippen LogP contribution in [0.1, 0.15) is 12.8 Å². The summed E-state index contributed by atoms with van der Waals surface area (Å²) < 4.78 is 35.4. The molecule has 0 aromatic rings. The van der Waals surface area contributed by atoms with Gasteiger partial charge in [-0.25, -0.2) is 4.79 Å². The normalized spacial score (nSPS) is 22.9. The first-order chi connectivity index (χ1) is 7.37. The summed E-state index contributed by atoms with van der Waals surface area (Å²) in [6, 6.07) is -0.815. The second-order valence-electron chi connectivity index (χ2n) is 4.04. The van der Waals surface area contributed by atoms with E-state index in [1.54, 1.807) is 5.32 Å². The molecule has 1 aliphatic rings. The standard InChI is InChI=1S/C9H16F3N3O/c1-15-4-2-3-7(5-15)14-8(16)13-6-9(10,11)12/h7H,2-6H2,1H3,(H2,13,14,16). The topological polar surface area (TPSA) is 44.4 Å². The number of rotatable bonds is 2. The molecule has 2 N–H and O–H groups in total. The molecule has 7 heteroatoms. The van der Waals surface area contributed by atoms with Crippen molar-refractivity contribution < 1.29 is 18.0 Å². The first-order valence-electron chi connectivity index (χ1n) is 5.16. The van der Waals surface area contributed by atoms with Crippen LogP contribution in [0.5, 0.6) is 0 Å². The van der Waals surface area contributed by atoms with Gasteiger partial charge in [0, 0.05) is 12.6 Å². The second kappa shape index (κ2) is 5.38. The molecule has 4 nitrogen and oxygen atoms in total. The van der Waals surface area contributed by atoms with Crippen LogP contribution >= 0.6 is 0 Å². The zero-order valence-corrected chi connectivity index (χ0v) is 9.10. The molecule has 1 atom stereocenters. The molecule has 1 aliphatic heterocycles. The molecule has 0 spiro atoms. The molecule has 1 fully saturated rings. The summed E-state index contributed by atoms with van der Waals surface area (Å²) in [5, 5.41) is 4.32. The fourth-order valence-corrected chi connectivity index (χ4v) is 1.70. The number of nitrogens with one attached hydrogen (secondary N) is 2. The van der Waals surface area contributed by atoms with Gasteiger partial charge < -0.3 is 15.5 Å². The summed E-state index contributed by atoms with van der Waals surface area (Å²) >= 11 is 0. The number of alkyl halides is 3. The highest BCUT2D eigenvalue weighted by atomic mass is 19.4. The van der Waals surface area contributed by atoms with E-state index in [2.05, 4.69) is 5.32 Å². The van der Waals surface area contributed by atoms with E-state index in [4.69, 9.17) is 0 Å². The van der Waals surface area contributed by atoms with E-state index >= 15 is 0 Å². The zero-order valence-electron chi connectivity index (χ0n) is 9.10. The number of nitrogens with zero attached hydrogens (tertiary/aromatic N) is 1. The number of piperidine rings is 1. The Morgan fingerprint density at radius 2 is 2.19 bits per heavy atom. The lowest BCUT2D eigenvalue weighted by molar-refractivity contribution is -0.122. The minimum Gasteiger partial charge on any atom is -0.334 e. The van der Waals surface area contributed by atoms with Gasteiger partial charge in [-0.05, 0) is 26.4 Å². The lowest BCUT2D eigenvalue weighted by Crippen LogP contribution is -2.50. The van der Waals surface area contributed by atoms with Gasteiger partial charge in [-0.15, -0.1) is 0 Å². The summed E-state index contributed by atoms with van der Waals surface area (Å²) in [4.78, 5) is 13.2.